The lowest BCUT2D eigenvalue weighted by atomic mass is 9.67. The molecule has 0 spiro atoms. The highest BCUT2D eigenvalue weighted by Gasteiger charge is 2.60. The van der Waals surface area contributed by atoms with Gasteiger partial charge in [0.25, 0.3) is 0 Å². The van der Waals surface area contributed by atoms with Crippen molar-refractivity contribution in [1.82, 2.24) is 0 Å². The summed E-state index contributed by atoms with van der Waals surface area (Å²) in [5.74, 6) is -0.0179. The van der Waals surface area contributed by atoms with Gasteiger partial charge in [-0.05, 0) is 73.4 Å². The number of carbonyl (C=O) groups is 1. The lowest BCUT2D eigenvalue weighted by molar-refractivity contribution is -0.104. The first-order valence-corrected chi connectivity index (χ1v) is 10.0. The molecule has 1 fully saturated rings. The van der Waals surface area contributed by atoms with Crippen LogP contribution in [0.1, 0.15) is 57.3 Å². The highest BCUT2D eigenvalue weighted by atomic mass is 16.5. The number of methoxy groups -OCH3 is 1. The van der Waals surface area contributed by atoms with Gasteiger partial charge in [-0.1, -0.05) is 20.8 Å². The third kappa shape index (κ3) is 3.58. The van der Waals surface area contributed by atoms with Crippen molar-refractivity contribution in [3.05, 3.63) is 41.5 Å². The topological polar surface area (TPSA) is 76.0 Å². The summed E-state index contributed by atoms with van der Waals surface area (Å²) in [4.78, 5) is 12.9. The van der Waals surface area contributed by atoms with Gasteiger partial charge < -0.3 is 19.7 Å². The Morgan fingerprint density at radius 1 is 1.21 bits per heavy atom. The molecule has 0 aliphatic heterocycles. The van der Waals surface area contributed by atoms with E-state index in [1.54, 1.807) is 31.4 Å². The van der Waals surface area contributed by atoms with E-state index in [2.05, 4.69) is 6.92 Å². The van der Waals surface area contributed by atoms with E-state index < -0.39 is 23.8 Å². The van der Waals surface area contributed by atoms with Crippen LogP contribution in [0.3, 0.4) is 0 Å². The highest BCUT2D eigenvalue weighted by molar-refractivity contribution is 5.89. The summed E-state index contributed by atoms with van der Waals surface area (Å²) >= 11 is 0. The average Bonchev–Trinajstić information content (AvgIpc) is 2.87. The number of aliphatic hydroxyl groups is 2. The maximum absolute atomic E-state index is 12.9. The van der Waals surface area contributed by atoms with Crippen LogP contribution in [0.5, 0.6) is 5.75 Å². The number of hydrogen-bond donors (Lipinski definition) is 2. The molecule has 2 aliphatic carbocycles. The molecule has 0 radical (unpaired) electrons. The molecule has 1 aromatic carbocycles. The van der Waals surface area contributed by atoms with E-state index in [-0.39, 0.29) is 17.3 Å². The summed E-state index contributed by atoms with van der Waals surface area (Å²) in [7, 11) is 1.57. The van der Waals surface area contributed by atoms with E-state index in [0.717, 1.165) is 12.0 Å². The van der Waals surface area contributed by atoms with Crippen LogP contribution in [0, 0.1) is 17.3 Å². The Hall–Kier alpha value is -1.85. The normalized spacial score (nSPS) is 35.1. The number of rotatable bonds is 4. The molecule has 28 heavy (non-hydrogen) atoms. The Balaban J connectivity index is 1.95. The van der Waals surface area contributed by atoms with E-state index >= 15 is 0 Å². The van der Waals surface area contributed by atoms with Gasteiger partial charge in [0.1, 0.15) is 11.9 Å². The zero-order chi connectivity index (χ0) is 20.7. The second-order valence-electron chi connectivity index (χ2n) is 9.01. The van der Waals surface area contributed by atoms with Crippen LogP contribution in [0.4, 0.5) is 0 Å². The van der Waals surface area contributed by atoms with E-state index in [4.69, 9.17) is 9.47 Å². The minimum absolute atomic E-state index is 0.0189. The minimum Gasteiger partial charge on any atom is -0.497 e. The van der Waals surface area contributed by atoms with Crippen molar-refractivity contribution in [3.63, 3.8) is 0 Å². The molecule has 0 heterocycles. The summed E-state index contributed by atoms with van der Waals surface area (Å²) in [6, 6.07) is 6.79. The Bertz CT molecular complexity index is 753. The van der Waals surface area contributed by atoms with Gasteiger partial charge in [-0.2, -0.15) is 0 Å². The fourth-order valence-electron chi connectivity index (χ4n) is 5.05. The van der Waals surface area contributed by atoms with Gasteiger partial charge in [0.2, 0.25) is 0 Å². The molecule has 5 heteroatoms. The summed E-state index contributed by atoms with van der Waals surface area (Å²) < 4.78 is 11.1. The Kier molecular flexibility index (Phi) is 5.61. The number of carbonyl (C=O) groups excluding carboxylic acids is 1. The predicted molar refractivity (Wildman–Crippen MR) is 107 cm³/mol. The average molecular weight is 389 g/mol. The van der Waals surface area contributed by atoms with Crippen molar-refractivity contribution < 1.29 is 24.5 Å². The number of ether oxygens (including phenoxy) is 2. The van der Waals surface area contributed by atoms with E-state index in [1.165, 1.54) is 0 Å². The van der Waals surface area contributed by atoms with Crippen LogP contribution >= 0.6 is 0 Å². The van der Waals surface area contributed by atoms with Crippen molar-refractivity contribution in [1.29, 1.82) is 0 Å². The zero-order valence-electron chi connectivity index (χ0n) is 17.4. The van der Waals surface area contributed by atoms with Gasteiger partial charge in [0, 0.05) is 5.92 Å². The third-order valence-corrected chi connectivity index (χ3v) is 6.90. The first-order valence-electron chi connectivity index (χ1n) is 10.0. The van der Waals surface area contributed by atoms with Gasteiger partial charge in [-0.3, -0.25) is 0 Å². The van der Waals surface area contributed by atoms with Crippen LogP contribution in [0.25, 0.3) is 0 Å². The standard InChI is InChI=1S/C23H32O5/c1-14(2)23(26)11-10-22(4)13-18(24)15(3)12-19(20(22)23)28-21(25)16-6-8-17(27-5)9-7-16/h6-9,12,14,18-20,24,26H,10-11,13H2,1-5H3. The molecule has 0 saturated heterocycles. The molecule has 5 atom stereocenters. The molecule has 2 N–H and O–H groups in total. The molecule has 0 aromatic heterocycles. The lowest BCUT2D eigenvalue weighted by Crippen LogP contribution is -2.50. The Morgan fingerprint density at radius 2 is 1.86 bits per heavy atom. The van der Waals surface area contributed by atoms with Gasteiger partial charge in [-0.25, -0.2) is 4.79 Å². The first-order chi connectivity index (χ1) is 13.1. The van der Waals surface area contributed by atoms with Crippen LogP contribution in [0.15, 0.2) is 35.9 Å². The number of fused-ring (bicyclic) bond motifs is 1. The van der Waals surface area contributed by atoms with E-state index in [9.17, 15) is 15.0 Å². The fraction of sp³-hybridized carbons (Fsp3) is 0.609. The number of esters is 1. The Labute approximate surface area is 167 Å². The molecule has 3 rings (SSSR count). The quantitative estimate of drug-likeness (QED) is 0.607. The van der Waals surface area contributed by atoms with Crippen LogP contribution < -0.4 is 4.74 Å². The monoisotopic (exact) mass is 388 g/mol. The zero-order valence-corrected chi connectivity index (χ0v) is 17.4. The second kappa shape index (κ2) is 7.53. The molecular formula is C23H32O5. The molecular weight excluding hydrogens is 356 g/mol. The van der Waals surface area contributed by atoms with Crippen LogP contribution in [-0.2, 0) is 4.74 Å². The maximum atomic E-state index is 12.9. The summed E-state index contributed by atoms with van der Waals surface area (Å²) in [6.07, 6.45) is 2.65. The number of benzene rings is 1. The minimum atomic E-state index is -0.944. The summed E-state index contributed by atoms with van der Waals surface area (Å²) in [6.45, 7) is 7.97. The van der Waals surface area contributed by atoms with Crippen molar-refractivity contribution >= 4 is 5.97 Å². The molecule has 154 valence electrons. The molecule has 5 nitrogen and oxygen atoms in total. The van der Waals surface area contributed by atoms with E-state index in [0.29, 0.717) is 24.2 Å². The predicted octanol–water partition coefficient (Wildman–Crippen LogP) is 3.73. The molecule has 0 bridgehead atoms. The smallest absolute Gasteiger partial charge is 0.338 e. The molecule has 1 aromatic rings. The highest BCUT2D eigenvalue weighted by Crippen LogP contribution is 2.58. The molecule has 0 amide bonds. The third-order valence-electron chi connectivity index (χ3n) is 6.90. The molecule has 5 unspecified atom stereocenters. The van der Waals surface area contributed by atoms with Gasteiger partial charge in [-0.15, -0.1) is 0 Å². The van der Waals surface area contributed by atoms with E-state index in [1.807, 2.05) is 26.8 Å². The lowest BCUT2D eigenvalue weighted by Gasteiger charge is -2.43. The largest absolute Gasteiger partial charge is 0.497 e. The fourth-order valence-corrected chi connectivity index (χ4v) is 5.05. The van der Waals surface area contributed by atoms with Crippen molar-refractivity contribution in [3.8, 4) is 5.75 Å². The van der Waals surface area contributed by atoms with Crippen molar-refractivity contribution in [2.75, 3.05) is 7.11 Å². The molecule has 2 aliphatic rings. The van der Waals surface area contributed by atoms with Crippen molar-refractivity contribution in [2.24, 2.45) is 17.3 Å². The van der Waals surface area contributed by atoms with Gasteiger partial charge >= 0.3 is 5.97 Å². The maximum Gasteiger partial charge on any atom is 0.338 e. The summed E-state index contributed by atoms with van der Waals surface area (Å²) in [5.41, 5.74) is -0.0310. The second-order valence-corrected chi connectivity index (χ2v) is 9.01. The van der Waals surface area contributed by atoms with Gasteiger partial charge in [0.15, 0.2) is 0 Å². The van der Waals surface area contributed by atoms with Crippen molar-refractivity contribution in [2.45, 2.75) is 64.8 Å². The molecule has 1 saturated carbocycles. The number of hydrogen-bond acceptors (Lipinski definition) is 5. The Morgan fingerprint density at radius 3 is 2.43 bits per heavy atom. The van der Waals surface area contributed by atoms with Crippen LogP contribution in [-0.4, -0.2) is 41.1 Å². The van der Waals surface area contributed by atoms with Crippen LogP contribution in [0.2, 0.25) is 0 Å². The number of aliphatic hydroxyl groups excluding tert-OH is 1. The SMILES string of the molecule is COc1ccc(C(=O)OC2C=C(C)C(O)CC3(C)CCC(O)(C(C)C)C23)cc1. The summed E-state index contributed by atoms with van der Waals surface area (Å²) in [5, 5.41) is 22.1. The first kappa shape index (κ1) is 20.9. The van der Waals surface area contributed by atoms with Gasteiger partial charge in [0.05, 0.1) is 24.4 Å².